The zero-order chi connectivity index (χ0) is 21.3. The summed E-state index contributed by atoms with van der Waals surface area (Å²) in [6.07, 6.45) is 5.42. The highest BCUT2D eigenvalue weighted by molar-refractivity contribution is 6.31. The van der Waals surface area contributed by atoms with Crippen LogP contribution in [-0.2, 0) is 22.6 Å². The lowest BCUT2D eigenvalue weighted by atomic mass is 10.0. The van der Waals surface area contributed by atoms with Gasteiger partial charge in [-0.1, -0.05) is 17.7 Å². The maximum Gasteiger partial charge on any atom is 0.263 e. The summed E-state index contributed by atoms with van der Waals surface area (Å²) in [5.74, 6) is -0.0431. The normalized spacial score (nSPS) is 14.0. The number of halogens is 1. The van der Waals surface area contributed by atoms with E-state index in [-0.39, 0.29) is 18.0 Å². The summed E-state index contributed by atoms with van der Waals surface area (Å²) < 4.78 is 8.54. The number of ether oxygens (including phenoxy) is 1. The van der Waals surface area contributed by atoms with Crippen molar-refractivity contribution in [2.75, 3.05) is 26.8 Å². The number of carbonyl (C=O) groups excluding carboxylic acids is 1. The number of aromatic nitrogens is 3. The van der Waals surface area contributed by atoms with Gasteiger partial charge in [0, 0.05) is 43.5 Å². The molecule has 0 unspecified atom stereocenters. The van der Waals surface area contributed by atoms with Gasteiger partial charge in [0.05, 0.1) is 12.0 Å². The second-order valence-corrected chi connectivity index (χ2v) is 8.06. The van der Waals surface area contributed by atoms with Gasteiger partial charge in [-0.15, -0.1) is 0 Å². The van der Waals surface area contributed by atoms with E-state index in [1.807, 2.05) is 40.8 Å². The summed E-state index contributed by atoms with van der Waals surface area (Å²) in [6.45, 7) is 4.52. The number of hydrogen-bond donors (Lipinski definition) is 0. The summed E-state index contributed by atoms with van der Waals surface area (Å²) in [7, 11) is 1.64. The quantitative estimate of drug-likeness (QED) is 0.605. The van der Waals surface area contributed by atoms with Gasteiger partial charge in [0.1, 0.15) is 18.5 Å². The molecule has 7 nitrogen and oxygen atoms in total. The van der Waals surface area contributed by atoms with Gasteiger partial charge < -0.3 is 14.2 Å². The van der Waals surface area contributed by atoms with Crippen LogP contribution in [0.3, 0.4) is 0 Å². The Labute approximate surface area is 179 Å². The molecule has 0 N–H and O–H groups in total. The third kappa shape index (κ3) is 3.87. The van der Waals surface area contributed by atoms with Crippen molar-refractivity contribution in [3.05, 3.63) is 51.7 Å². The first-order valence-corrected chi connectivity index (χ1v) is 10.5. The zero-order valence-electron chi connectivity index (χ0n) is 17.2. The maximum absolute atomic E-state index is 13.4. The van der Waals surface area contributed by atoms with Gasteiger partial charge in [-0.25, -0.2) is 4.98 Å². The third-order valence-electron chi connectivity index (χ3n) is 5.61. The topological polar surface area (TPSA) is 69.4 Å². The highest BCUT2D eigenvalue weighted by atomic mass is 35.5. The van der Waals surface area contributed by atoms with Gasteiger partial charge in [-0.05, 0) is 43.0 Å². The van der Waals surface area contributed by atoms with Crippen LogP contribution in [0.15, 0.2) is 35.5 Å². The Kier molecular flexibility index (Phi) is 5.92. The number of hydrogen-bond acceptors (Lipinski definition) is 4. The number of nitrogens with zero attached hydrogens (tertiary/aromatic N) is 4. The van der Waals surface area contributed by atoms with Crippen LogP contribution in [0.1, 0.15) is 18.4 Å². The fourth-order valence-corrected chi connectivity index (χ4v) is 4.05. The summed E-state index contributed by atoms with van der Waals surface area (Å²) >= 11 is 6.19. The number of methoxy groups -OCH3 is 1. The van der Waals surface area contributed by atoms with Crippen LogP contribution < -0.4 is 5.56 Å². The minimum absolute atomic E-state index is 0.00408. The van der Waals surface area contributed by atoms with Crippen LogP contribution in [0.25, 0.3) is 22.2 Å². The van der Waals surface area contributed by atoms with E-state index in [0.29, 0.717) is 29.2 Å². The number of rotatable bonds is 6. The molecule has 0 atom stereocenters. The van der Waals surface area contributed by atoms with E-state index in [9.17, 15) is 9.59 Å². The Balaban J connectivity index is 1.81. The molecule has 158 valence electrons. The second kappa shape index (κ2) is 8.62. The summed E-state index contributed by atoms with van der Waals surface area (Å²) in [5, 5.41) is 1.18. The molecule has 30 heavy (non-hydrogen) atoms. The van der Waals surface area contributed by atoms with E-state index in [1.165, 1.54) is 10.9 Å². The average Bonchev–Trinajstić information content (AvgIpc) is 3.39. The van der Waals surface area contributed by atoms with E-state index >= 15 is 0 Å². The molecule has 2 aromatic heterocycles. The first-order valence-electron chi connectivity index (χ1n) is 10.1. The lowest BCUT2D eigenvalue weighted by molar-refractivity contribution is -0.130. The monoisotopic (exact) mass is 428 g/mol. The van der Waals surface area contributed by atoms with Crippen molar-refractivity contribution in [3.8, 4) is 11.1 Å². The Bertz CT molecular complexity index is 1150. The van der Waals surface area contributed by atoms with Crippen LogP contribution in [0, 0.1) is 6.92 Å². The van der Waals surface area contributed by atoms with Crippen molar-refractivity contribution in [2.45, 2.75) is 32.9 Å². The van der Waals surface area contributed by atoms with Crippen LogP contribution in [-0.4, -0.2) is 51.7 Å². The Hall–Kier alpha value is -2.64. The van der Waals surface area contributed by atoms with E-state index in [4.69, 9.17) is 16.3 Å². The van der Waals surface area contributed by atoms with Gasteiger partial charge in [0.25, 0.3) is 5.56 Å². The molecule has 0 saturated carbocycles. The Morgan fingerprint density at radius 1 is 1.23 bits per heavy atom. The molecule has 1 aliphatic heterocycles. The first kappa shape index (κ1) is 20.6. The number of amides is 1. The molecular weight excluding hydrogens is 404 g/mol. The van der Waals surface area contributed by atoms with Crippen LogP contribution in [0.4, 0.5) is 0 Å². The van der Waals surface area contributed by atoms with Crippen LogP contribution in [0.5, 0.6) is 0 Å². The second-order valence-electron chi connectivity index (χ2n) is 7.66. The summed E-state index contributed by atoms with van der Waals surface area (Å²) in [5.41, 5.74) is 2.97. The molecule has 0 radical (unpaired) electrons. The first-order chi connectivity index (χ1) is 14.5. The van der Waals surface area contributed by atoms with Crippen molar-refractivity contribution in [1.82, 2.24) is 19.0 Å². The number of fused-ring (bicyclic) bond motifs is 1. The molecule has 1 saturated heterocycles. The van der Waals surface area contributed by atoms with Crippen molar-refractivity contribution >= 4 is 28.5 Å². The highest BCUT2D eigenvalue weighted by Gasteiger charge is 2.21. The zero-order valence-corrected chi connectivity index (χ0v) is 18.0. The van der Waals surface area contributed by atoms with Gasteiger partial charge in [0.15, 0.2) is 0 Å². The van der Waals surface area contributed by atoms with Crippen molar-refractivity contribution in [2.24, 2.45) is 0 Å². The Morgan fingerprint density at radius 2 is 2.00 bits per heavy atom. The van der Waals surface area contributed by atoms with Gasteiger partial charge >= 0.3 is 0 Å². The molecule has 0 spiro atoms. The molecular formula is C22H25ClN4O3. The molecule has 3 heterocycles. The van der Waals surface area contributed by atoms with E-state index in [1.54, 1.807) is 7.11 Å². The van der Waals surface area contributed by atoms with Gasteiger partial charge in [-0.2, -0.15) is 0 Å². The van der Waals surface area contributed by atoms with Gasteiger partial charge in [-0.3, -0.25) is 14.2 Å². The largest absolute Gasteiger partial charge is 0.383 e. The molecule has 4 rings (SSSR count). The molecule has 8 heteroatoms. The van der Waals surface area contributed by atoms with Crippen molar-refractivity contribution in [1.29, 1.82) is 0 Å². The minimum atomic E-state index is -0.216. The van der Waals surface area contributed by atoms with Crippen LogP contribution in [0.2, 0.25) is 5.02 Å². The number of aryl methyl sites for hydroxylation is 1. The van der Waals surface area contributed by atoms with E-state index in [2.05, 4.69) is 4.98 Å². The third-order valence-corrected chi connectivity index (χ3v) is 6.04. The highest BCUT2D eigenvalue weighted by Crippen LogP contribution is 2.30. The molecule has 0 aliphatic carbocycles. The number of carbonyl (C=O) groups is 1. The Morgan fingerprint density at radius 3 is 2.70 bits per heavy atom. The maximum atomic E-state index is 13.4. The summed E-state index contributed by atoms with van der Waals surface area (Å²) in [4.78, 5) is 32.3. The predicted octanol–water partition coefficient (Wildman–Crippen LogP) is 3.10. The number of likely N-dealkylation sites (tertiary alicyclic amines) is 1. The van der Waals surface area contributed by atoms with Crippen molar-refractivity contribution in [3.63, 3.8) is 0 Å². The summed E-state index contributed by atoms with van der Waals surface area (Å²) in [6, 6.07) is 5.69. The molecule has 1 amide bonds. The fraction of sp³-hybridized carbons (Fsp3) is 0.409. The van der Waals surface area contributed by atoms with Crippen molar-refractivity contribution < 1.29 is 9.53 Å². The lowest BCUT2D eigenvalue weighted by Gasteiger charge is -2.16. The molecule has 1 aromatic carbocycles. The van der Waals surface area contributed by atoms with E-state index in [0.717, 1.165) is 42.6 Å². The fourth-order valence-electron chi connectivity index (χ4n) is 3.93. The minimum Gasteiger partial charge on any atom is -0.383 e. The standard InChI is InChI=1S/C22H25ClN4O3/c1-15-11-16(5-6-18(15)23)17-12-26(9-10-30-2)21-20(17)22(29)27(14-24-21)13-19(28)25-7-3-4-8-25/h5-6,11-12,14H,3-4,7-10,13H2,1-2H3. The predicted molar refractivity (Wildman–Crippen MR) is 117 cm³/mol. The van der Waals surface area contributed by atoms with Crippen LogP contribution >= 0.6 is 11.6 Å². The van der Waals surface area contributed by atoms with Gasteiger partial charge in [0.2, 0.25) is 5.91 Å². The SMILES string of the molecule is COCCn1cc(-c2ccc(Cl)c(C)c2)c2c(=O)n(CC(=O)N3CCCC3)cnc21. The number of benzene rings is 1. The van der Waals surface area contributed by atoms with E-state index < -0.39 is 0 Å². The molecule has 1 aliphatic rings. The molecule has 3 aromatic rings. The lowest BCUT2D eigenvalue weighted by Crippen LogP contribution is -2.34. The molecule has 1 fully saturated rings. The average molecular weight is 429 g/mol. The smallest absolute Gasteiger partial charge is 0.263 e. The molecule has 0 bridgehead atoms.